The average Bonchev–Trinajstić information content (AvgIpc) is 2.71. The first-order chi connectivity index (χ1) is 6.70. The van der Waals surface area contributed by atoms with E-state index in [-0.39, 0.29) is 0 Å². The Morgan fingerprint density at radius 1 is 1.36 bits per heavy atom. The SMILES string of the molecule is CCn1nc(C)cc1-c1cc(C)on1. The van der Waals surface area contributed by atoms with Gasteiger partial charge in [0.05, 0.1) is 11.4 Å². The van der Waals surface area contributed by atoms with Gasteiger partial charge in [-0.15, -0.1) is 0 Å². The summed E-state index contributed by atoms with van der Waals surface area (Å²) in [4.78, 5) is 0. The normalized spacial score (nSPS) is 10.8. The van der Waals surface area contributed by atoms with Gasteiger partial charge in [0.15, 0.2) is 0 Å². The third-order valence-corrected chi connectivity index (χ3v) is 2.09. The van der Waals surface area contributed by atoms with Crippen molar-refractivity contribution in [3.8, 4) is 11.4 Å². The molecule has 4 nitrogen and oxygen atoms in total. The van der Waals surface area contributed by atoms with Gasteiger partial charge in [0.25, 0.3) is 0 Å². The molecule has 0 radical (unpaired) electrons. The minimum Gasteiger partial charge on any atom is -0.361 e. The Bertz CT molecular complexity index is 442. The van der Waals surface area contributed by atoms with Crippen LogP contribution in [0.5, 0.6) is 0 Å². The minimum absolute atomic E-state index is 0.821. The van der Waals surface area contributed by atoms with Gasteiger partial charge in [0, 0.05) is 12.6 Å². The number of aromatic nitrogens is 3. The molecule has 2 aromatic rings. The highest BCUT2D eigenvalue weighted by molar-refractivity contribution is 5.54. The fourth-order valence-electron chi connectivity index (χ4n) is 1.48. The van der Waals surface area contributed by atoms with E-state index in [2.05, 4.69) is 17.2 Å². The van der Waals surface area contributed by atoms with Crippen molar-refractivity contribution >= 4 is 0 Å². The summed E-state index contributed by atoms with van der Waals surface area (Å²) in [6.45, 7) is 6.76. The van der Waals surface area contributed by atoms with E-state index >= 15 is 0 Å². The maximum Gasteiger partial charge on any atom is 0.134 e. The Kier molecular flexibility index (Phi) is 2.11. The van der Waals surface area contributed by atoms with Crippen LogP contribution < -0.4 is 0 Å². The lowest BCUT2D eigenvalue weighted by Gasteiger charge is -1.98. The summed E-state index contributed by atoms with van der Waals surface area (Å²) in [6.07, 6.45) is 0. The number of rotatable bonds is 2. The molecular weight excluding hydrogens is 178 g/mol. The molecule has 2 aromatic heterocycles. The minimum atomic E-state index is 0.821. The van der Waals surface area contributed by atoms with E-state index in [4.69, 9.17) is 4.52 Å². The molecule has 0 saturated heterocycles. The van der Waals surface area contributed by atoms with Gasteiger partial charge in [0.1, 0.15) is 11.5 Å². The molecule has 4 heteroatoms. The number of hydrogen-bond donors (Lipinski definition) is 0. The van der Waals surface area contributed by atoms with E-state index in [1.807, 2.05) is 30.7 Å². The molecule has 0 unspecified atom stereocenters. The lowest BCUT2D eigenvalue weighted by atomic mass is 10.2. The summed E-state index contributed by atoms with van der Waals surface area (Å²) >= 11 is 0. The molecule has 0 spiro atoms. The fourth-order valence-corrected chi connectivity index (χ4v) is 1.48. The van der Waals surface area contributed by atoms with Gasteiger partial charge >= 0.3 is 0 Å². The standard InChI is InChI=1S/C10H13N3O/c1-4-13-10(5-7(2)11-13)9-6-8(3)14-12-9/h5-6H,4H2,1-3H3. The van der Waals surface area contributed by atoms with Crippen LogP contribution in [0.25, 0.3) is 11.4 Å². The van der Waals surface area contributed by atoms with E-state index in [1.165, 1.54) is 0 Å². The molecule has 2 rings (SSSR count). The van der Waals surface area contributed by atoms with Crippen LogP contribution >= 0.6 is 0 Å². The molecule has 0 bridgehead atoms. The Hall–Kier alpha value is -1.58. The van der Waals surface area contributed by atoms with Gasteiger partial charge in [-0.3, -0.25) is 4.68 Å². The van der Waals surface area contributed by atoms with E-state index in [0.717, 1.165) is 29.4 Å². The van der Waals surface area contributed by atoms with Gasteiger partial charge in [0.2, 0.25) is 0 Å². The van der Waals surface area contributed by atoms with Crippen molar-refractivity contribution in [3.63, 3.8) is 0 Å². The molecular formula is C10H13N3O. The van der Waals surface area contributed by atoms with Crippen LogP contribution in [0.3, 0.4) is 0 Å². The Morgan fingerprint density at radius 2 is 2.14 bits per heavy atom. The van der Waals surface area contributed by atoms with Crippen LogP contribution in [0, 0.1) is 13.8 Å². The third kappa shape index (κ3) is 1.43. The zero-order valence-corrected chi connectivity index (χ0v) is 8.61. The molecule has 0 aliphatic rings. The Morgan fingerprint density at radius 3 is 2.71 bits per heavy atom. The first-order valence-electron chi connectivity index (χ1n) is 4.69. The van der Waals surface area contributed by atoms with Crippen molar-refractivity contribution in [2.45, 2.75) is 27.3 Å². The molecule has 2 heterocycles. The van der Waals surface area contributed by atoms with Crippen LogP contribution in [-0.2, 0) is 6.54 Å². The van der Waals surface area contributed by atoms with Crippen molar-refractivity contribution < 1.29 is 4.52 Å². The predicted octanol–water partition coefficient (Wildman–Crippen LogP) is 2.17. The Labute approximate surface area is 82.5 Å². The topological polar surface area (TPSA) is 43.9 Å². The van der Waals surface area contributed by atoms with E-state index in [0.29, 0.717) is 0 Å². The highest BCUT2D eigenvalue weighted by Crippen LogP contribution is 2.19. The summed E-state index contributed by atoms with van der Waals surface area (Å²) in [5, 5.41) is 8.32. The quantitative estimate of drug-likeness (QED) is 0.730. The van der Waals surface area contributed by atoms with E-state index < -0.39 is 0 Å². The lowest BCUT2D eigenvalue weighted by molar-refractivity contribution is 0.399. The molecule has 0 N–H and O–H groups in total. The molecule has 0 atom stereocenters. The second-order valence-corrected chi connectivity index (χ2v) is 3.31. The summed E-state index contributed by atoms with van der Waals surface area (Å²) in [6, 6.07) is 3.93. The van der Waals surface area contributed by atoms with Crippen LogP contribution in [0.4, 0.5) is 0 Å². The molecule has 0 aliphatic carbocycles. The molecule has 0 saturated carbocycles. The van der Waals surface area contributed by atoms with Crippen LogP contribution in [0.1, 0.15) is 18.4 Å². The number of aryl methyl sites for hydroxylation is 3. The van der Waals surface area contributed by atoms with Gasteiger partial charge in [-0.25, -0.2) is 0 Å². The van der Waals surface area contributed by atoms with Gasteiger partial charge in [-0.1, -0.05) is 5.16 Å². The number of nitrogens with zero attached hydrogens (tertiary/aromatic N) is 3. The maximum atomic E-state index is 5.04. The van der Waals surface area contributed by atoms with Crippen LogP contribution in [-0.4, -0.2) is 14.9 Å². The fraction of sp³-hybridized carbons (Fsp3) is 0.400. The Balaban J connectivity index is 2.49. The van der Waals surface area contributed by atoms with Crippen molar-refractivity contribution in [2.24, 2.45) is 0 Å². The lowest BCUT2D eigenvalue weighted by Crippen LogP contribution is -1.99. The van der Waals surface area contributed by atoms with Crippen molar-refractivity contribution in [1.82, 2.24) is 14.9 Å². The molecule has 0 amide bonds. The van der Waals surface area contributed by atoms with E-state index in [1.54, 1.807) is 0 Å². The predicted molar refractivity (Wildman–Crippen MR) is 52.9 cm³/mol. The van der Waals surface area contributed by atoms with Crippen LogP contribution in [0.15, 0.2) is 16.7 Å². The second-order valence-electron chi connectivity index (χ2n) is 3.31. The summed E-state index contributed by atoms with van der Waals surface area (Å²) in [5.74, 6) is 0.821. The first-order valence-corrected chi connectivity index (χ1v) is 4.69. The van der Waals surface area contributed by atoms with Crippen LogP contribution in [0.2, 0.25) is 0 Å². The molecule has 0 fully saturated rings. The second kappa shape index (κ2) is 3.29. The van der Waals surface area contributed by atoms with E-state index in [9.17, 15) is 0 Å². The zero-order chi connectivity index (χ0) is 10.1. The largest absolute Gasteiger partial charge is 0.361 e. The third-order valence-electron chi connectivity index (χ3n) is 2.09. The van der Waals surface area contributed by atoms with Gasteiger partial charge < -0.3 is 4.52 Å². The molecule has 0 aromatic carbocycles. The summed E-state index contributed by atoms with van der Waals surface area (Å²) in [7, 11) is 0. The smallest absolute Gasteiger partial charge is 0.134 e. The van der Waals surface area contributed by atoms with Gasteiger partial charge in [-0.05, 0) is 26.8 Å². The van der Waals surface area contributed by atoms with Crippen molar-refractivity contribution in [2.75, 3.05) is 0 Å². The highest BCUT2D eigenvalue weighted by Gasteiger charge is 2.10. The zero-order valence-electron chi connectivity index (χ0n) is 8.61. The first kappa shape index (κ1) is 8.99. The average molecular weight is 191 g/mol. The summed E-state index contributed by atoms with van der Waals surface area (Å²) < 4.78 is 6.96. The highest BCUT2D eigenvalue weighted by atomic mass is 16.5. The summed E-state index contributed by atoms with van der Waals surface area (Å²) in [5.41, 5.74) is 2.87. The maximum absolute atomic E-state index is 5.04. The molecule has 74 valence electrons. The monoisotopic (exact) mass is 191 g/mol. The molecule has 14 heavy (non-hydrogen) atoms. The molecule has 0 aliphatic heterocycles. The van der Waals surface area contributed by atoms with Crippen molar-refractivity contribution in [1.29, 1.82) is 0 Å². The number of hydrogen-bond acceptors (Lipinski definition) is 3. The van der Waals surface area contributed by atoms with Crippen molar-refractivity contribution in [3.05, 3.63) is 23.6 Å². The van der Waals surface area contributed by atoms with Gasteiger partial charge in [-0.2, -0.15) is 5.10 Å².